The van der Waals surface area contributed by atoms with Crippen LogP contribution in [-0.4, -0.2) is 23.0 Å². The third-order valence-electron chi connectivity index (χ3n) is 2.80. The molecule has 0 aliphatic carbocycles. The number of nitrogens with one attached hydrogen (secondary N) is 2. The first-order valence-corrected chi connectivity index (χ1v) is 6.01. The molecule has 7 nitrogen and oxygen atoms in total. The van der Waals surface area contributed by atoms with Crippen LogP contribution in [0.25, 0.3) is 0 Å². The normalized spacial score (nSPS) is 13.1. The zero-order valence-corrected chi connectivity index (χ0v) is 11.2. The van der Waals surface area contributed by atoms with Crippen molar-refractivity contribution in [3.63, 3.8) is 0 Å². The predicted molar refractivity (Wildman–Crippen MR) is 73.0 cm³/mol. The molecule has 5 N–H and O–H groups in total. The van der Waals surface area contributed by atoms with Crippen LogP contribution in [0.5, 0.6) is 0 Å². The number of carbonyl (C=O) groups excluding carboxylic acids is 2. The Hall–Kier alpha value is -2.57. The van der Waals surface area contributed by atoms with Crippen molar-refractivity contribution in [2.75, 3.05) is 5.32 Å². The SMILES string of the molecule is CC(C(=O)O)C(=O)NC(C)c1ccc(NC(N)=O)cc1. The van der Waals surface area contributed by atoms with Gasteiger partial charge in [-0.1, -0.05) is 12.1 Å². The highest BCUT2D eigenvalue weighted by Gasteiger charge is 2.22. The standard InChI is InChI=1S/C13H17N3O4/c1-7(12(18)19)11(17)15-8(2)9-3-5-10(6-4-9)16-13(14)20/h3-8H,1-2H3,(H,15,17)(H,18,19)(H3,14,16,20). The Balaban J connectivity index is 2.68. The molecule has 1 rings (SSSR count). The molecule has 0 spiro atoms. The number of carboxylic acid groups (broad SMARTS) is 1. The molecule has 0 saturated carbocycles. The largest absolute Gasteiger partial charge is 0.481 e. The Bertz CT molecular complexity index is 513. The second kappa shape index (κ2) is 6.55. The Morgan fingerprint density at radius 3 is 2.15 bits per heavy atom. The number of hydrogen-bond acceptors (Lipinski definition) is 3. The predicted octanol–water partition coefficient (Wildman–Crippen LogP) is 1.08. The van der Waals surface area contributed by atoms with Crippen molar-refractivity contribution in [2.24, 2.45) is 11.7 Å². The molecule has 1 aromatic carbocycles. The number of hydrogen-bond donors (Lipinski definition) is 4. The van der Waals surface area contributed by atoms with Crippen LogP contribution in [0.2, 0.25) is 0 Å². The molecular weight excluding hydrogens is 262 g/mol. The van der Waals surface area contributed by atoms with Gasteiger partial charge in [-0.25, -0.2) is 4.79 Å². The van der Waals surface area contributed by atoms with E-state index in [-0.39, 0.29) is 6.04 Å². The van der Waals surface area contributed by atoms with E-state index in [0.29, 0.717) is 5.69 Å². The lowest BCUT2D eigenvalue weighted by atomic mass is 10.1. The van der Waals surface area contributed by atoms with Crippen molar-refractivity contribution < 1.29 is 19.5 Å². The highest BCUT2D eigenvalue weighted by Crippen LogP contribution is 2.16. The Labute approximate surface area is 116 Å². The fourth-order valence-corrected chi connectivity index (χ4v) is 1.53. The third kappa shape index (κ3) is 4.27. The fraction of sp³-hybridized carbons (Fsp3) is 0.308. The Morgan fingerprint density at radius 1 is 1.15 bits per heavy atom. The monoisotopic (exact) mass is 279 g/mol. The van der Waals surface area contributed by atoms with Crippen LogP contribution in [0.1, 0.15) is 25.5 Å². The lowest BCUT2D eigenvalue weighted by Crippen LogP contribution is -2.35. The summed E-state index contributed by atoms with van der Waals surface area (Å²) in [6, 6.07) is 5.71. The molecule has 0 saturated heterocycles. The van der Waals surface area contributed by atoms with Crippen LogP contribution in [-0.2, 0) is 9.59 Å². The van der Waals surface area contributed by atoms with Gasteiger partial charge in [-0.15, -0.1) is 0 Å². The van der Waals surface area contributed by atoms with Gasteiger partial charge in [0.1, 0.15) is 5.92 Å². The minimum atomic E-state index is -1.17. The Morgan fingerprint density at radius 2 is 1.70 bits per heavy atom. The second-order valence-electron chi connectivity index (χ2n) is 4.40. The molecular formula is C13H17N3O4. The molecule has 2 unspecified atom stereocenters. The zero-order chi connectivity index (χ0) is 15.3. The number of carbonyl (C=O) groups is 3. The number of carboxylic acids is 1. The van der Waals surface area contributed by atoms with Crippen LogP contribution in [0.3, 0.4) is 0 Å². The smallest absolute Gasteiger partial charge is 0.316 e. The molecule has 7 heteroatoms. The molecule has 1 aromatic rings. The molecule has 20 heavy (non-hydrogen) atoms. The summed E-state index contributed by atoms with van der Waals surface area (Å²) in [5.74, 6) is -2.83. The summed E-state index contributed by atoms with van der Waals surface area (Å²) >= 11 is 0. The summed E-state index contributed by atoms with van der Waals surface area (Å²) in [4.78, 5) is 33.0. The first kappa shape index (κ1) is 15.5. The van der Waals surface area contributed by atoms with Gasteiger partial charge < -0.3 is 21.5 Å². The molecule has 108 valence electrons. The zero-order valence-electron chi connectivity index (χ0n) is 11.2. The summed E-state index contributed by atoms with van der Waals surface area (Å²) in [5.41, 5.74) is 6.31. The maximum atomic E-state index is 11.6. The van der Waals surface area contributed by atoms with Gasteiger partial charge in [0, 0.05) is 5.69 Å². The Kier molecular flexibility index (Phi) is 5.08. The lowest BCUT2D eigenvalue weighted by molar-refractivity contribution is -0.146. The third-order valence-corrected chi connectivity index (χ3v) is 2.80. The lowest BCUT2D eigenvalue weighted by Gasteiger charge is -2.16. The van der Waals surface area contributed by atoms with E-state index in [9.17, 15) is 14.4 Å². The minimum Gasteiger partial charge on any atom is -0.481 e. The number of anilines is 1. The molecule has 0 heterocycles. The van der Waals surface area contributed by atoms with E-state index in [1.807, 2.05) is 0 Å². The molecule has 0 radical (unpaired) electrons. The number of aliphatic carboxylic acids is 1. The highest BCUT2D eigenvalue weighted by atomic mass is 16.4. The van der Waals surface area contributed by atoms with Gasteiger partial charge in [-0.05, 0) is 31.5 Å². The van der Waals surface area contributed by atoms with Gasteiger partial charge >= 0.3 is 12.0 Å². The van der Waals surface area contributed by atoms with Crippen molar-refractivity contribution in [3.05, 3.63) is 29.8 Å². The van der Waals surface area contributed by atoms with Gasteiger partial charge in [-0.3, -0.25) is 9.59 Å². The van der Waals surface area contributed by atoms with Crippen LogP contribution in [0.15, 0.2) is 24.3 Å². The van der Waals surface area contributed by atoms with Gasteiger partial charge in [-0.2, -0.15) is 0 Å². The summed E-state index contributed by atoms with van der Waals surface area (Å²) in [5, 5.41) is 13.8. The fourth-order valence-electron chi connectivity index (χ4n) is 1.53. The maximum Gasteiger partial charge on any atom is 0.316 e. The van der Waals surface area contributed by atoms with E-state index in [4.69, 9.17) is 10.8 Å². The minimum absolute atomic E-state index is 0.341. The topological polar surface area (TPSA) is 122 Å². The number of amides is 3. The average Bonchev–Trinajstić information content (AvgIpc) is 2.37. The number of urea groups is 1. The second-order valence-corrected chi connectivity index (χ2v) is 4.40. The first-order chi connectivity index (χ1) is 9.31. The summed E-state index contributed by atoms with van der Waals surface area (Å²) in [6.45, 7) is 3.06. The summed E-state index contributed by atoms with van der Waals surface area (Å²) in [7, 11) is 0. The summed E-state index contributed by atoms with van der Waals surface area (Å²) in [6.07, 6.45) is 0. The average molecular weight is 279 g/mol. The highest BCUT2D eigenvalue weighted by molar-refractivity contribution is 5.96. The quantitative estimate of drug-likeness (QED) is 0.602. The van der Waals surface area contributed by atoms with Crippen molar-refractivity contribution in [2.45, 2.75) is 19.9 Å². The van der Waals surface area contributed by atoms with Crippen molar-refractivity contribution in [3.8, 4) is 0 Å². The van der Waals surface area contributed by atoms with E-state index >= 15 is 0 Å². The molecule has 0 aliphatic heterocycles. The van der Waals surface area contributed by atoms with E-state index in [1.165, 1.54) is 6.92 Å². The van der Waals surface area contributed by atoms with E-state index in [1.54, 1.807) is 31.2 Å². The van der Waals surface area contributed by atoms with Crippen LogP contribution in [0.4, 0.5) is 10.5 Å². The van der Waals surface area contributed by atoms with Crippen molar-refractivity contribution in [1.82, 2.24) is 5.32 Å². The summed E-state index contributed by atoms with van der Waals surface area (Å²) < 4.78 is 0. The van der Waals surface area contributed by atoms with E-state index < -0.39 is 23.8 Å². The van der Waals surface area contributed by atoms with Gasteiger partial charge in [0.25, 0.3) is 0 Å². The number of primary amides is 1. The van der Waals surface area contributed by atoms with Crippen LogP contribution < -0.4 is 16.4 Å². The first-order valence-electron chi connectivity index (χ1n) is 6.01. The molecule has 0 aliphatic rings. The van der Waals surface area contributed by atoms with Gasteiger partial charge in [0.15, 0.2) is 0 Å². The van der Waals surface area contributed by atoms with Crippen molar-refractivity contribution in [1.29, 1.82) is 0 Å². The number of nitrogens with two attached hydrogens (primary N) is 1. The van der Waals surface area contributed by atoms with E-state index in [0.717, 1.165) is 5.56 Å². The van der Waals surface area contributed by atoms with E-state index in [2.05, 4.69) is 10.6 Å². The molecule has 0 bridgehead atoms. The maximum absolute atomic E-state index is 11.6. The molecule has 0 fully saturated rings. The van der Waals surface area contributed by atoms with Crippen LogP contribution >= 0.6 is 0 Å². The van der Waals surface area contributed by atoms with Gasteiger partial charge in [0.05, 0.1) is 6.04 Å². The molecule has 3 amide bonds. The van der Waals surface area contributed by atoms with Gasteiger partial charge in [0.2, 0.25) is 5.91 Å². The van der Waals surface area contributed by atoms with Crippen LogP contribution in [0, 0.1) is 5.92 Å². The molecule has 0 aromatic heterocycles. The number of benzene rings is 1. The number of rotatable bonds is 5. The molecule has 2 atom stereocenters. The van der Waals surface area contributed by atoms with Crippen molar-refractivity contribution >= 4 is 23.6 Å².